The second-order valence-electron chi connectivity index (χ2n) is 3.76. The van der Waals surface area contributed by atoms with Crippen LogP contribution in [0.3, 0.4) is 0 Å². The van der Waals surface area contributed by atoms with Crippen LogP contribution in [0.15, 0.2) is 22.7 Å². The standard InChI is InChI=1S/C12H8BrClF3NS/c1-18-11(8-4-6(13)12(14)19-8)5-2-3-7(15)10(17)9(5)16/h2-4,11,18H,1H3. The zero-order valence-electron chi connectivity index (χ0n) is 9.61. The zero-order valence-corrected chi connectivity index (χ0v) is 12.8. The van der Waals surface area contributed by atoms with Crippen molar-refractivity contribution in [2.45, 2.75) is 6.04 Å². The molecule has 0 spiro atoms. The van der Waals surface area contributed by atoms with E-state index in [2.05, 4.69) is 21.2 Å². The van der Waals surface area contributed by atoms with Gasteiger partial charge in [0.2, 0.25) is 0 Å². The molecule has 1 nitrogen and oxygen atoms in total. The van der Waals surface area contributed by atoms with Gasteiger partial charge in [0.1, 0.15) is 4.34 Å². The minimum absolute atomic E-state index is 0.0341. The first-order valence-electron chi connectivity index (χ1n) is 5.21. The molecule has 7 heteroatoms. The molecule has 1 heterocycles. The summed E-state index contributed by atoms with van der Waals surface area (Å²) in [5, 5.41) is 2.86. The topological polar surface area (TPSA) is 12.0 Å². The van der Waals surface area contributed by atoms with Gasteiger partial charge in [-0.05, 0) is 35.1 Å². The fraction of sp³-hybridized carbons (Fsp3) is 0.167. The van der Waals surface area contributed by atoms with Gasteiger partial charge in [-0.2, -0.15) is 0 Å². The van der Waals surface area contributed by atoms with Crippen molar-refractivity contribution in [3.63, 3.8) is 0 Å². The monoisotopic (exact) mass is 369 g/mol. The van der Waals surface area contributed by atoms with Crippen molar-refractivity contribution in [1.82, 2.24) is 5.32 Å². The SMILES string of the molecule is CNC(c1cc(Br)c(Cl)s1)c1ccc(F)c(F)c1F. The van der Waals surface area contributed by atoms with Gasteiger partial charge in [-0.3, -0.25) is 0 Å². The molecule has 0 aliphatic rings. The predicted octanol–water partition coefficient (Wildman–Crippen LogP) is 4.89. The van der Waals surface area contributed by atoms with Crippen LogP contribution in [-0.4, -0.2) is 7.05 Å². The molecule has 1 aromatic carbocycles. The van der Waals surface area contributed by atoms with E-state index in [1.807, 2.05) is 0 Å². The van der Waals surface area contributed by atoms with Gasteiger partial charge in [-0.15, -0.1) is 11.3 Å². The fourth-order valence-electron chi connectivity index (χ4n) is 1.72. The summed E-state index contributed by atoms with van der Waals surface area (Å²) in [6.07, 6.45) is 0. The van der Waals surface area contributed by atoms with Crippen molar-refractivity contribution in [3.05, 3.63) is 54.9 Å². The van der Waals surface area contributed by atoms with E-state index in [0.717, 1.165) is 6.07 Å². The Hall–Kier alpha value is -0.560. The van der Waals surface area contributed by atoms with Crippen molar-refractivity contribution in [2.24, 2.45) is 0 Å². The molecule has 0 saturated heterocycles. The third kappa shape index (κ3) is 2.81. The number of thiophene rings is 1. The summed E-state index contributed by atoms with van der Waals surface area (Å²) in [5.41, 5.74) is 0.0341. The van der Waals surface area contributed by atoms with Crippen LogP contribution in [0.2, 0.25) is 4.34 Å². The lowest BCUT2D eigenvalue weighted by atomic mass is 10.0. The molecule has 1 aromatic heterocycles. The number of hydrogen-bond donors (Lipinski definition) is 1. The Morgan fingerprint density at radius 1 is 1.26 bits per heavy atom. The second-order valence-corrected chi connectivity index (χ2v) is 6.30. The maximum Gasteiger partial charge on any atom is 0.194 e. The molecule has 0 aliphatic heterocycles. The minimum Gasteiger partial charge on any atom is -0.309 e. The lowest BCUT2D eigenvalue weighted by molar-refractivity contribution is 0.435. The van der Waals surface area contributed by atoms with E-state index in [0.29, 0.717) is 13.7 Å². The third-order valence-electron chi connectivity index (χ3n) is 2.61. The molecule has 0 bridgehead atoms. The Balaban J connectivity index is 2.51. The highest BCUT2D eigenvalue weighted by atomic mass is 79.9. The van der Waals surface area contributed by atoms with Gasteiger partial charge in [-0.25, -0.2) is 13.2 Å². The van der Waals surface area contributed by atoms with Gasteiger partial charge >= 0.3 is 0 Å². The Morgan fingerprint density at radius 3 is 2.47 bits per heavy atom. The van der Waals surface area contributed by atoms with Gasteiger partial charge in [0.05, 0.1) is 6.04 Å². The number of hydrogen-bond acceptors (Lipinski definition) is 2. The van der Waals surface area contributed by atoms with Crippen LogP contribution in [0.25, 0.3) is 0 Å². The third-order valence-corrected chi connectivity index (χ3v) is 5.15. The van der Waals surface area contributed by atoms with Crippen LogP contribution in [0.5, 0.6) is 0 Å². The Kier molecular flexibility index (Phi) is 4.55. The van der Waals surface area contributed by atoms with Crippen molar-refractivity contribution in [3.8, 4) is 0 Å². The van der Waals surface area contributed by atoms with Gasteiger partial charge in [-0.1, -0.05) is 17.7 Å². The normalized spacial score (nSPS) is 12.7. The van der Waals surface area contributed by atoms with E-state index in [1.165, 1.54) is 17.4 Å². The van der Waals surface area contributed by atoms with E-state index in [-0.39, 0.29) is 5.56 Å². The van der Waals surface area contributed by atoms with Crippen LogP contribution in [0.4, 0.5) is 13.2 Å². The van der Waals surface area contributed by atoms with Crippen LogP contribution >= 0.6 is 38.9 Å². The molecule has 19 heavy (non-hydrogen) atoms. The number of benzene rings is 1. The van der Waals surface area contributed by atoms with Gasteiger partial charge in [0.15, 0.2) is 17.5 Å². The first-order valence-corrected chi connectivity index (χ1v) is 7.19. The van der Waals surface area contributed by atoms with E-state index in [1.54, 1.807) is 13.1 Å². The molecule has 0 saturated carbocycles. The molecule has 2 rings (SSSR count). The van der Waals surface area contributed by atoms with Crippen molar-refractivity contribution < 1.29 is 13.2 Å². The molecule has 2 aromatic rings. The van der Waals surface area contributed by atoms with E-state index in [4.69, 9.17) is 11.6 Å². The summed E-state index contributed by atoms with van der Waals surface area (Å²) in [6, 6.07) is 3.25. The molecular formula is C12H8BrClF3NS. The summed E-state index contributed by atoms with van der Waals surface area (Å²) in [5.74, 6) is -3.87. The Bertz CT molecular complexity index is 598. The second kappa shape index (κ2) is 5.83. The molecule has 0 amide bonds. The quantitative estimate of drug-likeness (QED) is 0.759. The van der Waals surface area contributed by atoms with E-state index >= 15 is 0 Å². The lowest BCUT2D eigenvalue weighted by Gasteiger charge is -2.16. The maximum atomic E-state index is 13.8. The molecule has 1 atom stereocenters. The molecule has 1 N–H and O–H groups in total. The van der Waals surface area contributed by atoms with Crippen LogP contribution in [-0.2, 0) is 0 Å². The van der Waals surface area contributed by atoms with Gasteiger partial charge < -0.3 is 5.32 Å². The lowest BCUT2D eigenvalue weighted by Crippen LogP contribution is -2.18. The minimum atomic E-state index is -1.47. The average Bonchev–Trinajstić information content (AvgIpc) is 2.70. The molecule has 0 radical (unpaired) electrons. The molecular weight excluding hydrogens is 363 g/mol. The van der Waals surface area contributed by atoms with Crippen molar-refractivity contribution in [1.29, 1.82) is 0 Å². The first kappa shape index (κ1) is 14.8. The number of nitrogens with one attached hydrogen (secondary N) is 1. The first-order chi connectivity index (χ1) is 8.95. The van der Waals surface area contributed by atoms with Crippen LogP contribution in [0, 0.1) is 17.5 Å². The summed E-state index contributed by atoms with van der Waals surface area (Å²) < 4.78 is 41.2. The van der Waals surface area contributed by atoms with Gasteiger partial charge in [0.25, 0.3) is 0 Å². The predicted molar refractivity (Wildman–Crippen MR) is 74.2 cm³/mol. The highest BCUT2D eigenvalue weighted by Crippen LogP contribution is 2.38. The highest BCUT2D eigenvalue weighted by Gasteiger charge is 2.23. The smallest absolute Gasteiger partial charge is 0.194 e. The van der Waals surface area contributed by atoms with Crippen LogP contribution < -0.4 is 5.32 Å². The fourth-order valence-corrected chi connectivity index (χ4v) is 3.59. The zero-order chi connectivity index (χ0) is 14.2. The molecule has 0 fully saturated rings. The van der Waals surface area contributed by atoms with Crippen LogP contribution in [0.1, 0.15) is 16.5 Å². The number of rotatable bonds is 3. The Labute approximate surface area is 125 Å². The van der Waals surface area contributed by atoms with Crippen molar-refractivity contribution >= 4 is 38.9 Å². The summed E-state index contributed by atoms with van der Waals surface area (Å²) in [7, 11) is 1.60. The highest BCUT2D eigenvalue weighted by molar-refractivity contribution is 9.10. The molecule has 0 aliphatic carbocycles. The van der Waals surface area contributed by atoms with E-state index in [9.17, 15) is 13.2 Å². The molecule has 1 unspecified atom stereocenters. The molecule has 102 valence electrons. The van der Waals surface area contributed by atoms with E-state index < -0.39 is 23.5 Å². The number of halogens is 5. The summed E-state index contributed by atoms with van der Waals surface area (Å²) in [4.78, 5) is 0.698. The maximum absolute atomic E-state index is 13.8. The average molecular weight is 371 g/mol. The van der Waals surface area contributed by atoms with Crippen molar-refractivity contribution in [2.75, 3.05) is 7.05 Å². The van der Waals surface area contributed by atoms with Gasteiger partial charge in [0, 0.05) is 14.9 Å². The summed E-state index contributed by atoms with van der Waals surface area (Å²) in [6.45, 7) is 0. The Morgan fingerprint density at radius 2 is 1.95 bits per heavy atom. The summed E-state index contributed by atoms with van der Waals surface area (Å²) >= 11 is 10.4. The largest absolute Gasteiger partial charge is 0.309 e.